The number of rotatable bonds is 10. The zero-order valence-corrected chi connectivity index (χ0v) is 21.7. The summed E-state index contributed by atoms with van der Waals surface area (Å²) in [7, 11) is 0. The van der Waals surface area contributed by atoms with Crippen molar-refractivity contribution < 1.29 is 20.1 Å². The minimum Gasteiger partial charge on any atom is -0.492 e. The van der Waals surface area contributed by atoms with Crippen molar-refractivity contribution in [3.05, 3.63) is 29.3 Å². The molecular weight excluding hydrogens is 388 g/mol. The molecule has 1 aromatic rings. The van der Waals surface area contributed by atoms with E-state index >= 15 is 0 Å². The lowest BCUT2D eigenvalue weighted by atomic mass is 9.68. The number of benzene rings is 1. The average molecular weight is 437 g/mol. The molecule has 1 aromatic carbocycles. The molecule has 0 saturated carbocycles. The van der Waals surface area contributed by atoms with Gasteiger partial charge in [-0.05, 0) is 46.1 Å². The summed E-state index contributed by atoms with van der Waals surface area (Å²) in [6, 6.07) is 6.44. The van der Waals surface area contributed by atoms with Crippen molar-refractivity contribution in [2.75, 3.05) is 26.4 Å². The van der Waals surface area contributed by atoms with E-state index in [9.17, 15) is 15.3 Å². The first-order valence-electron chi connectivity index (χ1n) is 11.5. The third-order valence-corrected chi connectivity index (χ3v) is 5.97. The van der Waals surface area contributed by atoms with Crippen LogP contribution in [0.5, 0.6) is 5.75 Å². The fourth-order valence-electron chi connectivity index (χ4n) is 4.97. The first-order valence-corrected chi connectivity index (χ1v) is 11.5. The van der Waals surface area contributed by atoms with Crippen LogP contribution in [0, 0.1) is 16.2 Å². The van der Waals surface area contributed by atoms with Crippen molar-refractivity contribution in [1.29, 1.82) is 0 Å². The highest BCUT2D eigenvalue weighted by atomic mass is 16.5. The van der Waals surface area contributed by atoms with E-state index in [1.165, 1.54) is 5.56 Å². The van der Waals surface area contributed by atoms with Gasteiger partial charge in [-0.3, -0.25) is 0 Å². The SMILES string of the molecule is CC(C)(C)CC(C)(C)c1ccc(OCC(CO)(CO)CO)c(C(C)(C)CC(C)(C)C)c1. The maximum Gasteiger partial charge on any atom is 0.123 e. The van der Waals surface area contributed by atoms with E-state index in [0.717, 1.165) is 24.2 Å². The Kier molecular flexibility index (Phi) is 8.83. The van der Waals surface area contributed by atoms with Gasteiger partial charge in [-0.2, -0.15) is 0 Å². The Morgan fingerprint density at radius 2 is 1.13 bits per heavy atom. The minimum atomic E-state index is -1.06. The van der Waals surface area contributed by atoms with Crippen molar-refractivity contribution in [1.82, 2.24) is 0 Å². The minimum absolute atomic E-state index is 0.00833. The van der Waals surface area contributed by atoms with Gasteiger partial charge < -0.3 is 20.1 Å². The van der Waals surface area contributed by atoms with Gasteiger partial charge in [0.2, 0.25) is 0 Å². The molecule has 3 N–H and O–H groups in total. The highest BCUT2D eigenvalue weighted by molar-refractivity contribution is 5.44. The maximum atomic E-state index is 9.70. The number of aliphatic hydroxyl groups is 3. The molecule has 0 atom stereocenters. The molecule has 31 heavy (non-hydrogen) atoms. The van der Waals surface area contributed by atoms with E-state index in [2.05, 4.69) is 81.4 Å². The predicted octanol–water partition coefficient (Wildman–Crippen LogP) is 5.46. The molecule has 0 aliphatic heterocycles. The van der Waals surface area contributed by atoms with Crippen molar-refractivity contribution in [2.45, 2.75) is 92.9 Å². The second-order valence-corrected chi connectivity index (χ2v) is 13.2. The Labute approximate surface area is 191 Å². The molecule has 0 amide bonds. The quantitative estimate of drug-likeness (QED) is 0.456. The molecular formula is C27H48O4. The predicted molar refractivity (Wildman–Crippen MR) is 130 cm³/mol. The van der Waals surface area contributed by atoms with Crippen LogP contribution in [0.1, 0.15) is 93.2 Å². The van der Waals surface area contributed by atoms with Gasteiger partial charge in [0.1, 0.15) is 12.4 Å². The Hall–Kier alpha value is -1.10. The van der Waals surface area contributed by atoms with Crippen LogP contribution in [-0.2, 0) is 10.8 Å². The van der Waals surface area contributed by atoms with Crippen LogP contribution in [0.3, 0.4) is 0 Å². The van der Waals surface area contributed by atoms with Crippen molar-refractivity contribution >= 4 is 0 Å². The third-order valence-electron chi connectivity index (χ3n) is 5.97. The molecule has 0 radical (unpaired) electrons. The van der Waals surface area contributed by atoms with E-state index in [0.29, 0.717) is 0 Å². The van der Waals surface area contributed by atoms with Gasteiger partial charge in [-0.1, -0.05) is 81.4 Å². The largest absolute Gasteiger partial charge is 0.492 e. The van der Waals surface area contributed by atoms with Crippen molar-refractivity contribution in [2.24, 2.45) is 16.2 Å². The van der Waals surface area contributed by atoms with E-state index in [4.69, 9.17) is 4.74 Å². The first kappa shape index (κ1) is 27.9. The number of hydrogen-bond acceptors (Lipinski definition) is 4. The summed E-state index contributed by atoms with van der Waals surface area (Å²) in [6.07, 6.45) is 2.03. The fraction of sp³-hybridized carbons (Fsp3) is 0.778. The van der Waals surface area contributed by atoms with Crippen LogP contribution < -0.4 is 4.74 Å². The van der Waals surface area contributed by atoms with Gasteiger partial charge in [0.25, 0.3) is 0 Å². The normalized spacial score (nSPS) is 14.1. The highest BCUT2D eigenvalue weighted by Crippen LogP contribution is 2.44. The Morgan fingerprint density at radius 3 is 1.55 bits per heavy atom. The number of aliphatic hydroxyl groups excluding tert-OH is 3. The lowest BCUT2D eigenvalue weighted by Gasteiger charge is -2.37. The summed E-state index contributed by atoms with van der Waals surface area (Å²) < 4.78 is 6.16. The van der Waals surface area contributed by atoms with E-state index in [1.54, 1.807) is 0 Å². The Morgan fingerprint density at radius 1 is 0.677 bits per heavy atom. The van der Waals surface area contributed by atoms with Gasteiger partial charge >= 0.3 is 0 Å². The zero-order chi connectivity index (χ0) is 24.3. The topological polar surface area (TPSA) is 69.9 Å². The van der Waals surface area contributed by atoms with Crippen LogP contribution in [0.4, 0.5) is 0 Å². The summed E-state index contributed by atoms with van der Waals surface area (Å²) in [4.78, 5) is 0. The molecule has 0 spiro atoms. The summed E-state index contributed by atoms with van der Waals surface area (Å²) in [5.74, 6) is 0.754. The van der Waals surface area contributed by atoms with Crippen molar-refractivity contribution in [3.63, 3.8) is 0 Å². The molecule has 4 nitrogen and oxygen atoms in total. The van der Waals surface area contributed by atoms with Gasteiger partial charge in [0.05, 0.1) is 25.2 Å². The summed E-state index contributed by atoms with van der Waals surface area (Å²) in [6.45, 7) is 21.7. The summed E-state index contributed by atoms with van der Waals surface area (Å²) in [5, 5.41) is 29.1. The average Bonchev–Trinajstić information content (AvgIpc) is 2.59. The lowest BCUT2D eigenvalue weighted by Crippen LogP contribution is -2.40. The molecule has 0 unspecified atom stereocenters. The molecule has 0 aliphatic carbocycles. The second-order valence-electron chi connectivity index (χ2n) is 13.2. The van der Waals surface area contributed by atoms with E-state index in [1.807, 2.05) is 6.07 Å². The fourth-order valence-corrected chi connectivity index (χ4v) is 4.97. The molecule has 0 bridgehead atoms. The standard InChI is InChI=1S/C27H48O4/c1-23(2,3)14-25(7,8)20-11-12-22(31-19-27(16-28,17-29)18-30)21(13-20)26(9,10)15-24(4,5)6/h11-13,28-30H,14-19H2,1-10H3. The zero-order valence-electron chi connectivity index (χ0n) is 21.7. The number of hydrogen-bond donors (Lipinski definition) is 3. The lowest BCUT2D eigenvalue weighted by molar-refractivity contribution is -0.0262. The van der Waals surface area contributed by atoms with Gasteiger partial charge in [0.15, 0.2) is 0 Å². The first-order chi connectivity index (χ1) is 13.9. The summed E-state index contributed by atoms with van der Waals surface area (Å²) in [5.41, 5.74) is 1.58. The monoisotopic (exact) mass is 436 g/mol. The number of ether oxygens (including phenoxy) is 1. The smallest absolute Gasteiger partial charge is 0.123 e. The van der Waals surface area contributed by atoms with E-state index < -0.39 is 5.41 Å². The summed E-state index contributed by atoms with van der Waals surface area (Å²) >= 11 is 0. The maximum absolute atomic E-state index is 9.70. The Bertz CT molecular complexity index is 693. The van der Waals surface area contributed by atoms with Crippen LogP contribution >= 0.6 is 0 Å². The third kappa shape index (κ3) is 8.07. The molecule has 0 saturated heterocycles. The molecule has 0 heterocycles. The molecule has 0 aromatic heterocycles. The Balaban J connectivity index is 3.47. The second kappa shape index (κ2) is 9.80. The van der Waals surface area contributed by atoms with E-state index in [-0.39, 0.29) is 48.1 Å². The molecule has 0 aliphatic rings. The van der Waals surface area contributed by atoms with Gasteiger partial charge in [0, 0.05) is 5.56 Å². The van der Waals surface area contributed by atoms with Gasteiger partial charge in [-0.15, -0.1) is 0 Å². The molecule has 4 heteroatoms. The van der Waals surface area contributed by atoms with Crippen LogP contribution in [0.25, 0.3) is 0 Å². The molecule has 180 valence electrons. The van der Waals surface area contributed by atoms with Crippen LogP contribution in [0.15, 0.2) is 18.2 Å². The van der Waals surface area contributed by atoms with Gasteiger partial charge in [-0.25, -0.2) is 0 Å². The highest BCUT2D eigenvalue weighted by Gasteiger charge is 2.35. The molecule has 0 fully saturated rings. The van der Waals surface area contributed by atoms with Crippen LogP contribution in [0.2, 0.25) is 0 Å². The van der Waals surface area contributed by atoms with Crippen molar-refractivity contribution in [3.8, 4) is 5.75 Å². The van der Waals surface area contributed by atoms with Crippen LogP contribution in [-0.4, -0.2) is 41.7 Å². The molecule has 1 rings (SSSR count).